The number of sulfone groups is 1. The van der Waals surface area contributed by atoms with Crippen molar-refractivity contribution in [1.29, 1.82) is 0 Å². The molecule has 0 saturated heterocycles. The average Bonchev–Trinajstić information content (AvgIpc) is 2.60. The van der Waals surface area contributed by atoms with E-state index in [4.69, 9.17) is 5.73 Å². The van der Waals surface area contributed by atoms with Gasteiger partial charge >= 0.3 is 0 Å². The first-order chi connectivity index (χ1) is 11.9. The van der Waals surface area contributed by atoms with Crippen LogP contribution in [0.15, 0.2) is 47.4 Å². The van der Waals surface area contributed by atoms with Gasteiger partial charge in [-0.05, 0) is 64.3 Å². The Morgan fingerprint density at radius 3 is 2.32 bits per heavy atom. The van der Waals surface area contributed by atoms with Crippen LogP contribution in [-0.4, -0.2) is 32.3 Å². The maximum absolute atomic E-state index is 12.0. The van der Waals surface area contributed by atoms with Crippen molar-refractivity contribution in [3.63, 3.8) is 0 Å². The van der Waals surface area contributed by atoms with Crippen LogP contribution in [-0.2, 0) is 19.4 Å². The van der Waals surface area contributed by atoms with Gasteiger partial charge in [0.2, 0.25) is 0 Å². The Morgan fingerprint density at radius 1 is 1.16 bits per heavy atom. The monoisotopic (exact) mass is 367 g/mol. The van der Waals surface area contributed by atoms with Crippen molar-refractivity contribution in [3.05, 3.63) is 42.5 Å². The molecule has 0 heterocycles. The molecule has 0 fully saturated rings. The summed E-state index contributed by atoms with van der Waals surface area (Å²) in [6, 6.07) is 8.55. The van der Waals surface area contributed by atoms with E-state index in [0.29, 0.717) is 24.3 Å². The molecule has 0 radical (unpaired) electrons. The van der Waals surface area contributed by atoms with Crippen LogP contribution >= 0.6 is 0 Å². The summed E-state index contributed by atoms with van der Waals surface area (Å²) in [7, 11) is -3.17. The van der Waals surface area contributed by atoms with Crippen molar-refractivity contribution in [1.82, 2.24) is 0 Å². The molecule has 0 amide bonds. The Hall–Kier alpha value is -1.79. The smallest absolute Gasteiger partial charge is 0.180 e. The zero-order chi connectivity index (χ0) is 19.1. The van der Waals surface area contributed by atoms with Crippen molar-refractivity contribution < 1.29 is 18.0 Å². The van der Waals surface area contributed by atoms with E-state index in [2.05, 4.69) is 0 Å². The highest BCUT2D eigenvalue weighted by Crippen LogP contribution is 2.18. The summed E-state index contributed by atoms with van der Waals surface area (Å²) in [5, 5.41) is -0.358. The van der Waals surface area contributed by atoms with E-state index in [9.17, 15) is 18.0 Å². The Kier molecular flexibility index (Phi) is 12.5. The Labute approximate surface area is 151 Å². The molecule has 0 aliphatic rings. The summed E-state index contributed by atoms with van der Waals surface area (Å²) in [5.74, 6) is 0.0612. The summed E-state index contributed by atoms with van der Waals surface area (Å²) in [5.41, 5.74) is 5.36. The Balaban J connectivity index is 0.000000504. The number of nitrogens with two attached hydrogens (primary N) is 1. The molecule has 2 N–H and O–H groups in total. The molecule has 1 atom stereocenters. The maximum Gasteiger partial charge on any atom is 0.180 e. The first-order valence-corrected chi connectivity index (χ1v) is 10.0. The number of unbranched alkanes of at least 4 members (excludes halogenated alkanes) is 2. The highest BCUT2D eigenvalue weighted by Gasteiger charge is 2.21. The minimum absolute atomic E-state index is 0.0612. The lowest BCUT2D eigenvalue weighted by molar-refractivity contribution is -0.112. The fourth-order valence-corrected chi connectivity index (χ4v) is 3.45. The second kappa shape index (κ2) is 13.5. The topological polar surface area (TPSA) is 94.3 Å². The van der Waals surface area contributed by atoms with E-state index >= 15 is 0 Å². The molecule has 5 nitrogen and oxygen atoms in total. The van der Waals surface area contributed by atoms with Gasteiger partial charge in [0.05, 0.1) is 10.1 Å². The third-order valence-electron chi connectivity index (χ3n) is 3.46. The summed E-state index contributed by atoms with van der Waals surface area (Å²) >= 11 is 0. The van der Waals surface area contributed by atoms with Crippen LogP contribution in [0.2, 0.25) is 0 Å². The average molecular weight is 368 g/mol. The molecule has 0 bridgehead atoms. The summed E-state index contributed by atoms with van der Waals surface area (Å²) in [6.45, 7) is 3.78. The van der Waals surface area contributed by atoms with Crippen molar-refractivity contribution in [2.24, 2.45) is 5.73 Å². The van der Waals surface area contributed by atoms with Gasteiger partial charge in [0.25, 0.3) is 0 Å². The van der Waals surface area contributed by atoms with Gasteiger partial charge in [0.15, 0.2) is 15.6 Å². The lowest BCUT2D eigenvalue weighted by Crippen LogP contribution is -2.19. The number of aldehydes is 1. The zero-order valence-electron chi connectivity index (χ0n) is 15.1. The van der Waals surface area contributed by atoms with E-state index in [1.165, 1.54) is 13.0 Å². The van der Waals surface area contributed by atoms with E-state index < -0.39 is 9.84 Å². The van der Waals surface area contributed by atoms with Gasteiger partial charge in [-0.25, -0.2) is 8.42 Å². The van der Waals surface area contributed by atoms with Gasteiger partial charge in [-0.3, -0.25) is 4.79 Å². The standard InChI is InChI=1S/C11H17NO2S.C8H12O2/c1-10(6-5-9-12)15(13,14)11-7-3-2-4-8-11;1-8(10)6-4-2-3-5-7-9/h2-4,7-8,10H,5-6,9,12H2,1H3;4,6-7H,2-3,5H2,1H3/b;6-4+. The van der Waals surface area contributed by atoms with Gasteiger partial charge in [-0.2, -0.15) is 0 Å². The van der Waals surface area contributed by atoms with Crippen LogP contribution in [0.4, 0.5) is 0 Å². The van der Waals surface area contributed by atoms with E-state index in [1.807, 2.05) is 6.07 Å². The van der Waals surface area contributed by atoms with Crippen LogP contribution in [0.25, 0.3) is 0 Å². The number of ketones is 1. The SMILES string of the molecule is CC(=O)/C=C/CCCC=O.CC(CCCN)S(=O)(=O)c1ccccc1. The molecule has 25 heavy (non-hydrogen) atoms. The highest BCUT2D eigenvalue weighted by molar-refractivity contribution is 7.92. The predicted molar refractivity (Wildman–Crippen MR) is 101 cm³/mol. The van der Waals surface area contributed by atoms with Crippen LogP contribution in [0.1, 0.15) is 46.0 Å². The zero-order valence-corrected chi connectivity index (χ0v) is 15.9. The number of carbonyl (C=O) groups is 2. The molecule has 0 saturated carbocycles. The van der Waals surface area contributed by atoms with Gasteiger partial charge < -0.3 is 10.5 Å². The molecule has 0 aliphatic heterocycles. The number of rotatable bonds is 10. The van der Waals surface area contributed by atoms with Crippen molar-refractivity contribution >= 4 is 21.9 Å². The molecule has 0 aromatic heterocycles. The minimum Gasteiger partial charge on any atom is -0.330 e. The summed E-state index contributed by atoms with van der Waals surface area (Å²) < 4.78 is 24.0. The van der Waals surface area contributed by atoms with Gasteiger partial charge in [-0.1, -0.05) is 24.3 Å². The van der Waals surface area contributed by atoms with Gasteiger partial charge in [0, 0.05) is 6.42 Å². The quantitative estimate of drug-likeness (QED) is 0.389. The molecule has 140 valence electrons. The van der Waals surface area contributed by atoms with Crippen LogP contribution < -0.4 is 5.73 Å². The lowest BCUT2D eigenvalue weighted by Gasteiger charge is -2.12. The molecule has 1 rings (SSSR count). The number of benzene rings is 1. The lowest BCUT2D eigenvalue weighted by atomic mass is 10.2. The number of carbonyl (C=O) groups excluding carboxylic acids is 2. The van der Waals surface area contributed by atoms with Crippen LogP contribution in [0.3, 0.4) is 0 Å². The molecular weight excluding hydrogens is 338 g/mol. The molecule has 1 unspecified atom stereocenters. The fourth-order valence-electron chi connectivity index (χ4n) is 1.97. The summed E-state index contributed by atoms with van der Waals surface area (Å²) in [4.78, 5) is 20.5. The molecular formula is C19H29NO4S. The van der Waals surface area contributed by atoms with Gasteiger partial charge in [0.1, 0.15) is 6.29 Å². The molecule has 6 heteroatoms. The van der Waals surface area contributed by atoms with Crippen molar-refractivity contribution in [3.8, 4) is 0 Å². The third kappa shape index (κ3) is 10.6. The molecule has 1 aromatic carbocycles. The largest absolute Gasteiger partial charge is 0.330 e. The molecule has 1 aromatic rings. The van der Waals surface area contributed by atoms with E-state index in [0.717, 1.165) is 25.5 Å². The normalized spacial score (nSPS) is 12.3. The Morgan fingerprint density at radius 2 is 1.80 bits per heavy atom. The predicted octanol–water partition coefficient (Wildman–Crippen LogP) is 3.09. The minimum atomic E-state index is -3.17. The van der Waals surface area contributed by atoms with Gasteiger partial charge in [-0.15, -0.1) is 0 Å². The molecule has 0 aliphatic carbocycles. The molecule has 0 spiro atoms. The first-order valence-electron chi connectivity index (χ1n) is 8.46. The highest BCUT2D eigenvalue weighted by atomic mass is 32.2. The second-order valence-corrected chi connectivity index (χ2v) is 8.08. The fraction of sp³-hybridized carbons (Fsp3) is 0.474. The van der Waals surface area contributed by atoms with Crippen molar-refractivity contribution in [2.75, 3.05) is 6.54 Å². The van der Waals surface area contributed by atoms with E-state index in [1.54, 1.807) is 37.3 Å². The van der Waals surface area contributed by atoms with Crippen LogP contribution in [0, 0.1) is 0 Å². The van der Waals surface area contributed by atoms with E-state index in [-0.39, 0.29) is 11.0 Å². The summed E-state index contributed by atoms with van der Waals surface area (Å²) in [6.07, 6.45) is 7.83. The number of hydrogen-bond donors (Lipinski definition) is 1. The first kappa shape index (κ1) is 23.2. The number of hydrogen-bond acceptors (Lipinski definition) is 5. The third-order valence-corrected chi connectivity index (χ3v) is 5.69. The van der Waals surface area contributed by atoms with Crippen LogP contribution in [0.5, 0.6) is 0 Å². The number of allylic oxidation sites excluding steroid dienone is 2. The Bertz CT molecular complexity index is 624. The van der Waals surface area contributed by atoms with Crippen molar-refractivity contribution in [2.45, 2.75) is 56.1 Å². The second-order valence-electron chi connectivity index (χ2n) is 5.71. The maximum atomic E-state index is 12.0.